The highest BCUT2D eigenvalue weighted by atomic mass is 35.5. The molecule has 0 spiro atoms. The molecule has 0 atom stereocenters. The molecule has 1 heterocycles. The van der Waals surface area contributed by atoms with Crippen LogP contribution in [-0.2, 0) is 13.0 Å². The van der Waals surface area contributed by atoms with Crippen molar-refractivity contribution in [1.82, 2.24) is 14.9 Å². The van der Waals surface area contributed by atoms with E-state index >= 15 is 0 Å². The minimum Gasteiger partial charge on any atom is -0.497 e. The number of aryl methyl sites for hydroxylation is 2. The van der Waals surface area contributed by atoms with Crippen molar-refractivity contribution >= 4 is 29.0 Å². The maximum absolute atomic E-state index is 12.8. The van der Waals surface area contributed by atoms with Gasteiger partial charge in [-0.2, -0.15) is 0 Å². The van der Waals surface area contributed by atoms with Crippen LogP contribution in [0.2, 0.25) is 5.02 Å². The average Bonchev–Trinajstić information content (AvgIpc) is 3.07. The first kappa shape index (κ1) is 20.7. The summed E-state index contributed by atoms with van der Waals surface area (Å²) in [5.74, 6) is 1.74. The number of carbonyl (C=O) groups excluding carboxylic acids is 1. The summed E-state index contributed by atoms with van der Waals surface area (Å²) >= 11 is 6.38. The summed E-state index contributed by atoms with van der Waals surface area (Å²) < 4.78 is 7.16. The summed E-state index contributed by atoms with van der Waals surface area (Å²) in [4.78, 5) is 17.5. The largest absolute Gasteiger partial charge is 0.497 e. The van der Waals surface area contributed by atoms with Crippen LogP contribution in [0.1, 0.15) is 34.4 Å². The Morgan fingerprint density at radius 1 is 1.24 bits per heavy atom. The molecule has 6 nitrogen and oxygen atoms in total. The SMILES string of the molecule is CCc1nc(Nc2ccc(OC)cc2Cl)c(C(=O)NC)n1Cc1ccccc1C. The van der Waals surface area contributed by atoms with Crippen LogP contribution < -0.4 is 15.4 Å². The third-order valence-electron chi connectivity index (χ3n) is 4.82. The maximum atomic E-state index is 12.8. The lowest BCUT2D eigenvalue weighted by atomic mass is 10.1. The van der Waals surface area contributed by atoms with E-state index in [9.17, 15) is 4.79 Å². The first-order chi connectivity index (χ1) is 14.0. The summed E-state index contributed by atoms with van der Waals surface area (Å²) in [6.45, 7) is 4.64. The highest BCUT2D eigenvalue weighted by molar-refractivity contribution is 6.33. The van der Waals surface area contributed by atoms with Crippen molar-refractivity contribution in [2.24, 2.45) is 0 Å². The molecule has 0 aliphatic heterocycles. The first-order valence-electron chi connectivity index (χ1n) is 9.45. The molecule has 0 saturated carbocycles. The number of nitrogens with one attached hydrogen (secondary N) is 2. The normalized spacial score (nSPS) is 10.7. The molecule has 1 amide bonds. The van der Waals surface area contributed by atoms with Gasteiger partial charge in [0.15, 0.2) is 11.5 Å². The summed E-state index contributed by atoms with van der Waals surface area (Å²) in [6, 6.07) is 13.5. The van der Waals surface area contributed by atoms with E-state index in [0.717, 1.165) is 11.4 Å². The Kier molecular flexibility index (Phi) is 6.44. The monoisotopic (exact) mass is 412 g/mol. The second-order valence-corrected chi connectivity index (χ2v) is 7.05. The van der Waals surface area contributed by atoms with Gasteiger partial charge in [-0.15, -0.1) is 0 Å². The second-order valence-electron chi connectivity index (χ2n) is 6.64. The zero-order valence-electron chi connectivity index (χ0n) is 17.0. The van der Waals surface area contributed by atoms with Gasteiger partial charge in [-0.1, -0.05) is 42.8 Å². The van der Waals surface area contributed by atoms with E-state index < -0.39 is 0 Å². The van der Waals surface area contributed by atoms with E-state index in [0.29, 0.717) is 40.9 Å². The van der Waals surface area contributed by atoms with Crippen molar-refractivity contribution in [2.75, 3.05) is 19.5 Å². The molecule has 0 aliphatic carbocycles. The zero-order valence-corrected chi connectivity index (χ0v) is 17.8. The molecule has 0 unspecified atom stereocenters. The summed E-state index contributed by atoms with van der Waals surface area (Å²) in [5.41, 5.74) is 3.43. The molecular weight excluding hydrogens is 388 g/mol. The van der Waals surface area contributed by atoms with Gasteiger partial charge in [0, 0.05) is 26.1 Å². The van der Waals surface area contributed by atoms with Crippen molar-refractivity contribution in [3.05, 3.63) is 70.1 Å². The fourth-order valence-corrected chi connectivity index (χ4v) is 3.40. The molecule has 152 valence electrons. The minimum atomic E-state index is -0.210. The average molecular weight is 413 g/mol. The van der Waals surface area contributed by atoms with Gasteiger partial charge in [0.1, 0.15) is 11.6 Å². The van der Waals surface area contributed by atoms with Gasteiger partial charge < -0.3 is 19.9 Å². The number of carbonyl (C=O) groups is 1. The van der Waals surface area contributed by atoms with E-state index in [2.05, 4.69) is 29.7 Å². The molecule has 1 aromatic heterocycles. The number of hydrogen-bond acceptors (Lipinski definition) is 4. The van der Waals surface area contributed by atoms with Crippen molar-refractivity contribution in [3.8, 4) is 5.75 Å². The van der Waals surface area contributed by atoms with E-state index in [1.807, 2.05) is 23.6 Å². The predicted molar refractivity (Wildman–Crippen MR) is 117 cm³/mol. The smallest absolute Gasteiger partial charge is 0.271 e. The van der Waals surface area contributed by atoms with Gasteiger partial charge in [0.05, 0.1) is 17.8 Å². The second kappa shape index (κ2) is 9.01. The van der Waals surface area contributed by atoms with Crippen LogP contribution in [0.5, 0.6) is 5.75 Å². The first-order valence-corrected chi connectivity index (χ1v) is 9.82. The molecule has 3 aromatic rings. The lowest BCUT2D eigenvalue weighted by Crippen LogP contribution is -2.24. The van der Waals surface area contributed by atoms with E-state index in [1.54, 1.807) is 32.4 Å². The van der Waals surface area contributed by atoms with E-state index in [4.69, 9.17) is 21.3 Å². The Labute approximate surface area is 175 Å². The highest BCUT2D eigenvalue weighted by Crippen LogP contribution is 2.31. The molecular formula is C22H25ClN4O2. The number of hydrogen-bond donors (Lipinski definition) is 2. The Bertz CT molecular complexity index is 1030. The number of anilines is 2. The number of benzene rings is 2. The molecule has 2 aromatic carbocycles. The maximum Gasteiger partial charge on any atom is 0.271 e. The predicted octanol–water partition coefficient (Wildman–Crippen LogP) is 4.57. The Morgan fingerprint density at radius 3 is 2.62 bits per heavy atom. The molecule has 0 bridgehead atoms. The number of imidazole rings is 1. The molecule has 0 radical (unpaired) electrons. The molecule has 3 rings (SSSR count). The number of ether oxygens (including phenoxy) is 1. The van der Waals surface area contributed by atoms with Crippen LogP contribution in [0, 0.1) is 6.92 Å². The van der Waals surface area contributed by atoms with E-state index in [1.165, 1.54) is 5.56 Å². The Morgan fingerprint density at radius 2 is 2.00 bits per heavy atom. The van der Waals surface area contributed by atoms with Crippen molar-refractivity contribution in [1.29, 1.82) is 0 Å². The quantitative estimate of drug-likeness (QED) is 0.596. The van der Waals surface area contributed by atoms with Crippen LogP contribution in [0.4, 0.5) is 11.5 Å². The minimum absolute atomic E-state index is 0.210. The fraction of sp³-hybridized carbons (Fsp3) is 0.273. The van der Waals surface area contributed by atoms with E-state index in [-0.39, 0.29) is 5.91 Å². The molecule has 0 aliphatic rings. The van der Waals surface area contributed by atoms with Gasteiger partial charge in [0.25, 0.3) is 5.91 Å². The van der Waals surface area contributed by atoms with Gasteiger partial charge in [0.2, 0.25) is 0 Å². The highest BCUT2D eigenvalue weighted by Gasteiger charge is 2.23. The van der Waals surface area contributed by atoms with Gasteiger partial charge >= 0.3 is 0 Å². The summed E-state index contributed by atoms with van der Waals surface area (Å²) in [7, 11) is 3.20. The molecule has 7 heteroatoms. The van der Waals surface area contributed by atoms with Gasteiger partial charge in [-0.3, -0.25) is 4.79 Å². The lowest BCUT2D eigenvalue weighted by molar-refractivity contribution is 0.0955. The molecule has 29 heavy (non-hydrogen) atoms. The molecule has 0 saturated heterocycles. The zero-order chi connectivity index (χ0) is 21.0. The van der Waals surface area contributed by atoms with Gasteiger partial charge in [-0.05, 0) is 30.2 Å². The number of halogens is 1. The van der Waals surface area contributed by atoms with Crippen molar-refractivity contribution in [2.45, 2.75) is 26.8 Å². The van der Waals surface area contributed by atoms with Crippen LogP contribution in [0.3, 0.4) is 0 Å². The van der Waals surface area contributed by atoms with Crippen LogP contribution in [-0.4, -0.2) is 29.6 Å². The number of amides is 1. The van der Waals surface area contributed by atoms with Crippen LogP contribution in [0.25, 0.3) is 0 Å². The van der Waals surface area contributed by atoms with Crippen molar-refractivity contribution in [3.63, 3.8) is 0 Å². The molecule has 2 N–H and O–H groups in total. The van der Waals surface area contributed by atoms with Gasteiger partial charge in [-0.25, -0.2) is 4.98 Å². The third kappa shape index (κ3) is 4.38. The molecule has 0 fully saturated rings. The number of rotatable bonds is 7. The summed E-state index contributed by atoms with van der Waals surface area (Å²) in [5, 5.41) is 6.43. The Hall–Kier alpha value is -2.99. The number of aromatic nitrogens is 2. The number of methoxy groups -OCH3 is 1. The topological polar surface area (TPSA) is 68.2 Å². The lowest BCUT2D eigenvalue weighted by Gasteiger charge is -2.14. The van der Waals surface area contributed by atoms with Crippen LogP contribution >= 0.6 is 11.6 Å². The standard InChI is InChI=1S/C22H25ClN4O2/c1-5-19-26-21(25-18-11-10-16(29-4)12-17(18)23)20(22(28)24-3)27(19)13-15-9-7-6-8-14(15)2/h6-12,25H,5,13H2,1-4H3,(H,24,28). The number of nitrogens with zero attached hydrogens (tertiary/aromatic N) is 2. The van der Waals surface area contributed by atoms with Crippen molar-refractivity contribution < 1.29 is 9.53 Å². The van der Waals surface area contributed by atoms with Crippen LogP contribution in [0.15, 0.2) is 42.5 Å². The third-order valence-corrected chi connectivity index (χ3v) is 5.14. The Balaban J connectivity index is 2.07. The summed E-state index contributed by atoms with van der Waals surface area (Å²) in [6.07, 6.45) is 0.688. The fourth-order valence-electron chi connectivity index (χ4n) is 3.18.